The normalized spacial score (nSPS) is 11.0. The zero-order valence-electron chi connectivity index (χ0n) is 8.20. The summed E-state index contributed by atoms with van der Waals surface area (Å²) in [6.45, 7) is 0. The molecule has 0 aliphatic rings. The predicted molar refractivity (Wildman–Crippen MR) is 55.2 cm³/mol. The van der Waals surface area contributed by atoms with Crippen LogP contribution >= 0.6 is 0 Å². The van der Waals surface area contributed by atoms with E-state index in [2.05, 4.69) is 15.3 Å². The van der Waals surface area contributed by atoms with Crippen LogP contribution in [0.3, 0.4) is 0 Å². The second-order valence-electron chi connectivity index (χ2n) is 3.42. The predicted octanol–water partition coefficient (Wildman–Crippen LogP) is 1.13. The first kappa shape index (κ1) is 8.16. The fourth-order valence-corrected chi connectivity index (χ4v) is 1.57. The van der Waals surface area contributed by atoms with E-state index < -0.39 is 0 Å². The summed E-state index contributed by atoms with van der Waals surface area (Å²) in [6, 6.07) is 3.95. The van der Waals surface area contributed by atoms with Gasteiger partial charge in [-0.1, -0.05) is 0 Å². The zero-order valence-corrected chi connectivity index (χ0v) is 8.20. The minimum absolute atomic E-state index is 0.850. The lowest BCUT2D eigenvalue weighted by molar-refractivity contribution is 0.768. The molecule has 0 saturated heterocycles. The van der Waals surface area contributed by atoms with Crippen LogP contribution < -0.4 is 0 Å². The van der Waals surface area contributed by atoms with Gasteiger partial charge in [0, 0.05) is 30.6 Å². The summed E-state index contributed by atoms with van der Waals surface area (Å²) >= 11 is 0. The van der Waals surface area contributed by atoms with Crippen molar-refractivity contribution in [3.8, 4) is 11.1 Å². The standard InChI is InChI=1S/C10H9N5/c1-14-5-9(4-12-14)8-2-3-10-13-11-7-15(10)6-8/h2-7H,1H3. The molecule has 15 heavy (non-hydrogen) atoms. The number of aryl methyl sites for hydroxylation is 1. The second kappa shape index (κ2) is 2.91. The molecular formula is C10H9N5. The highest BCUT2D eigenvalue weighted by Gasteiger charge is 2.02. The molecule has 0 bridgehead atoms. The van der Waals surface area contributed by atoms with Crippen molar-refractivity contribution in [1.29, 1.82) is 0 Å². The van der Waals surface area contributed by atoms with Gasteiger partial charge in [-0.05, 0) is 12.1 Å². The van der Waals surface area contributed by atoms with E-state index in [0.717, 1.165) is 16.8 Å². The van der Waals surface area contributed by atoms with Crippen molar-refractivity contribution in [2.45, 2.75) is 0 Å². The lowest BCUT2D eigenvalue weighted by Crippen LogP contribution is -1.85. The number of hydrogen-bond donors (Lipinski definition) is 0. The molecule has 0 aromatic carbocycles. The third kappa shape index (κ3) is 1.28. The fraction of sp³-hybridized carbons (Fsp3) is 0.100. The second-order valence-corrected chi connectivity index (χ2v) is 3.42. The maximum atomic E-state index is 4.14. The average Bonchev–Trinajstić information content (AvgIpc) is 2.84. The molecule has 0 aliphatic heterocycles. The van der Waals surface area contributed by atoms with Crippen molar-refractivity contribution >= 4 is 5.65 Å². The van der Waals surface area contributed by atoms with E-state index in [1.54, 1.807) is 11.0 Å². The molecule has 3 rings (SSSR count). The summed E-state index contributed by atoms with van der Waals surface area (Å²) < 4.78 is 3.67. The monoisotopic (exact) mass is 199 g/mol. The number of hydrogen-bond acceptors (Lipinski definition) is 3. The summed E-state index contributed by atoms with van der Waals surface area (Å²) in [5.74, 6) is 0. The molecule has 0 N–H and O–H groups in total. The van der Waals surface area contributed by atoms with Crippen LogP contribution in [0, 0.1) is 0 Å². The summed E-state index contributed by atoms with van der Waals surface area (Å²) in [7, 11) is 1.90. The Labute approximate surface area is 86.0 Å². The number of aromatic nitrogens is 5. The third-order valence-electron chi connectivity index (χ3n) is 2.33. The van der Waals surface area contributed by atoms with Gasteiger partial charge in [0.25, 0.3) is 0 Å². The van der Waals surface area contributed by atoms with E-state index >= 15 is 0 Å². The highest BCUT2D eigenvalue weighted by Crippen LogP contribution is 2.18. The van der Waals surface area contributed by atoms with Crippen LogP contribution in [0.25, 0.3) is 16.8 Å². The van der Waals surface area contributed by atoms with Crippen LogP contribution in [-0.2, 0) is 7.05 Å². The Kier molecular flexibility index (Phi) is 1.58. The quantitative estimate of drug-likeness (QED) is 0.590. The maximum absolute atomic E-state index is 4.14. The van der Waals surface area contributed by atoms with Gasteiger partial charge in [-0.2, -0.15) is 5.10 Å². The Balaban J connectivity index is 2.18. The molecule has 0 unspecified atom stereocenters. The molecule has 3 heterocycles. The molecule has 0 amide bonds. The molecule has 3 aromatic rings. The van der Waals surface area contributed by atoms with Gasteiger partial charge in [-0.3, -0.25) is 9.08 Å². The van der Waals surface area contributed by atoms with E-state index in [0.29, 0.717) is 0 Å². The molecule has 5 nitrogen and oxygen atoms in total. The Bertz CT molecular complexity index is 607. The van der Waals surface area contributed by atoms with Crippen molar-refractivity contribution in [2.75, 3.05) is 0 Å². The van der Waals surface area contributed by atoms with Crippen LogP contribution in [0.15, 0.2) is 37.1 Å². The lowest BCUT2D eigenvalue weighted by atomic mass is 10.2. The van der Waals surface area contributed by atoms with Crippen LogP contribution in [0.5, 0.6) is 0 Å². The van der Waals surface area contributed by atoms with E-state index in [1.807, 2.05) is 42.2 Å². The average molecular weight is 199 g/mol. The van der Waals surface area contributed by atoms with Crippen LogP contribution in [0.4, 0.5) is 0 Å². The Morgan fingerprint density at radius 2 is 2.07 bits per heavy atom. The molecule has 0 radical (unpaired) electrons. The Morgan fingerprint density at radius 1 is 1.13 bits per heavy atom. The topological polar surface area (TPSA) is 48.0 Å². The summed E-state index contributed by atoms with van der Waals surface area (Å²) in [5.41, 5.74) is 3.05. The van der Waals surface area contributed by atoms with Crippen molar-refractivity contribution < 1.29 is 0 Å². The molecule has 5 heteroatoms. The van der Waals surface area contributed by atoms with Gasteiger partial charge < -0.3 is 0 Å². The van der Waals surface area contributed by atoms with Gasteiger partial charge in [0.05, 0.1) is 6.20 Å². The highest BCUT2D eigenvalue weighted by molar-refractivity contribution is 5.62. The molecule has 0 spiro atoms. The third-order valence-corrected chi connectivity index (χ3v) is 2.33. The minimum Gasteiger partial charge on any atom is -0.288 e. The number of rotatable bonds is 1. The SMILES string of the molecule is Cn1cc(-c2ccc3nncn3c2)cn1. The van der Waals surface area contributed by atoms with E-state index in [4.69, 9.17) is 0 Å². The molecule has 3 aromatic heterocycles. The highest BCUT2D eigenvalue weighted by atomic mass is 15.2. The van der Waals surface area contributed by atoms with Gasteiger partial charge in [-0.15, -0.1) is 10.2 Å². The molecule has 74 valence electrons. The van der Waals surface area contributed by atoms with Gasteiger partial charge in [0.2, 0.25) is 0 Å². The van der Waals surface area contributed by atoms with Crippen molar-refractivity contribution in [1.82, 2.24) is 24.4 Å². The van der Waals surface area contributed by atoms with Crippen molar-refractivity contribution in [2.24, 2.45) is 7.05 Å². The Morgan fingerprint density at radius 3 is 2.87 bits per heavy atom. The summed E-state index contributed by atoms with van der Waals surface area (Å²) in [4.78, 5) is 0. The van der Waals surface area contributed by atoms with Crippen molar-refractivity contribution in [3.63, 3.8) is 0 Å². The van der Waals surface area contributed by atoms with E-state index in [-0.39, 0.29) is 0 Å². The minimum atomic E-state index is 0.850. The fourth-order valence-electron chi connectivity index (χ4n) is 1.57. The van der Waals surface area contributed by atoms with E-state index in [1.165, 1.54) is 0 Å². The molecule has 0 saturated carbocycles. The van der Waals surface area contributed by atoms with Gasteiger partial charge in [0.15, 0.2) is 5.65 Å². The maximum Gasteiger partial charge on any atom is 0.160 e. The number of pyridine rings is 1. The molecule has 0 fully saturated rings. The van der Waals surface area contributed by atoms with E-state index in [9.17, 15) is 0 Å². The zero-order chi connectivity index (χ0) is 10.3. The van der Waals surface area contributed by atoms with Crippen LogP contribution in [0.1, 0.15) is 0 Å². The smallest absolute Gasteiger partial charge is 0.160 e. The Hall–Kier alpha value is -2.17. The number of nitrogens with zero attached hydrogens (tertiary/aromatic N) is 5. The molecule has 0 atom stereocenters. The first-order valence-electron chi connectivity index (χ1n) is 4.61. The summed E-state index contributed by atoms with van der Waals surface area (Å²) in [6.07, 6.45) is 7.50. The van der Waals surface area contributed by atoms with Crippen LogP contribution in [0.2, 0.25) is 0 Å². The lowest BCUT2D eigenvalue weighted by Gasteiger charge is -1.97. The molecular weight excluding hydrogens is 190 g/mol. The van der Waals surface area contributed by atoms with Crippen LogP contribution in [-0.4, -0.2) is 24.4 Å². The summed E-state index contributed by atoms with van der Waals surface area (Å²) in [5, 5.41) is 11.9. The van der Waals surface area contributed by atoms with Crippen molar-refractivity contribution in [3.05, 3.63) is 37.1 Å². The first-order valence-corrected chi connectivity index (χ1v) is 4.61. The first-order chi connectivity index (χ1) is 7.33. The van der Waals surface area contributed by atoms with Gasteiger partial charge >= 0.3 is 0 Å². The molecule has 0 aliphatic carbocycles. The van der Waals surface area contributed by atoms with Gasteiger partial charge in [0.1, 0.15) is 6.33 Å². The van der Waals surface area contributed by atoms with Gasteiger partial charge in [-0.25, -0.2) is 0 Å². The number of fused-ring (bicyclic) bond motifs is 1. The largest absolute Gasteiger partial charge is 0.288 e.